The molecule has 112 valence electrons. The van der Waals surface area contributed by atoms with E-state index in [2.05, 4.69) is 25.1 Å². The fourth-order valence-electron chi connectivity index (χ4n) is 2.10. The number of thioether (sulfide) groups is 1. The van der Waals surface area contributed by atoms with Crippen LogP contribution in [0.3, 0.4) is 0 Å². The lowest BCUT2D eigenvalue weighted by molar-refractivity contribution is 0.414. The fourth-order valence-corrected chi connectivity index (χ4v) is 3.66. The van der Waals surface area contributed by atoms with Crippen molar-refractivity contribution in [3.8, 4) is 5.75 Å². The Balaban J connectivity index is 2.25. The van der Waals surface area contributed by atoms with Crippen LogP contribution < -0.4 is 10.5 Å². The predicted molar refractivity (Wildman–Crippen MR) is 91.3 cm³/mol. The highest BCUT2D eigenvalue weighted by Crippen LogP contribution is 2.39. The van der Waals surface area contributed by atoms with Gasteiger partial charge in [-0.1, -0.05) is 36.7 Å². The van der Waals surface area contributed by atoms with Crippen LogP contribution in [0.1, 0.15) is 24.2 Å². The van der Waals surface area contributed by atoms with Crippen LogP contribution in [-0.4, -0.2) is 13.2 Å². The summed E-state index contributed by atoms with van der Waals surface area (Å²) in [6.45, 7) is 2.11. The average Bonchev–Trinajstić information content (AvgIpc) is 2.52. The van der Waals surface area contributed by atoms with E-state index in [4.69, 9.17) is 22.1 Å². The zero-order chi connectivity index (χ0) is 15.2. The van der Waals surface area contributed by atoms with Crippen LogP contribution in [0.25, 0.3) is 0 Å². The molecule has 0 aliphatic carbocycles. The Hall–Kier alpha value is -1.16. The molecular weight excluding hydrogens is 302 g/mol. The number of halogens is 1. The highest BCUT2D eigenvalue weighted by molar-refractivity contribution is 7.99. The van der Waals surface area contributed by atoms with Crippen molar-refractivity contribution in [1.82, 2.24) is 0 Å². The lowest BCUT2D eigenvalue weighted by Gasteiger charge is -2.23. The maximum absolute atomic E-state index is 6.32. The molecule has 2 unspecified atom stereocenters. The van der Waals surface area contributed by atoms with Gasteiger partial charge in [-0.25, -0.2) is 0 Å². The molecule has 0 radical (unpaired) electrons. The molecule has 0 aromatic heterocycles. The van der Waals surface area contributed by atoms with E-state index >= 15 is 0 Å². The molecule has 0 saturated heterocycles. The number of benzene rings is 2. The summed E-state index contributed by atoms with van der Waals surface area (Å²) >= 11 is 7.82. The predicted octanol–water partition coefficient (Wildman–Crippen LogP) is 4.92. The van der Waals surface area contributed by atoms with Crippen LogP contribution >= 0.6 is 23.4 Å². The van der Waals surface area contributed by atoms with Crippen molar-refractivity contribution in [3.05, 3.63) is 59.1 Å². The summed E-state index contributed by atoms with van der Waals surface area (Å²) in [4.78, 5) is 1.13. The monoisotopic (exact) mass is 321 g/mol. The number of rotatable bonds is 6. The first kappa shape index (κ1) is 16.2. The molecule has 2 aromatic carbocycles. The smallest absolute Gasteiger partial charge is 0.118 e. The maximum Gasteiger partial charge on any atom is 0.118 e. The van der Waals surface area contributed by atoms with Crippen molar-refractivity contribution in [1.29, 1.82) is 0 Å². The first-order valence-corrected chi connectivity index (χ1v) is 8.21. The summed E-state index contributed by atoms with van der Waals surface area (Å²) in [5.41, 5.74) is 7.52. The van der Waals surface area contributed by atoms with Gasteiger partial charge in [-0.15, -0.1) is 11.8 Å². The van der Waals surface area contributed by atoms with E-state index in [1.165, 1.54) is 5.56 Å². The highest BCUT2D eigenvalue weighted by Gasteiger charge is 2.20. The van der Waals surface area contributed by atoms with Gasteiger partial charge in [0.1, 0.15) is 5.75 Å². The Morgan fingerprint density at radius 1 is 1.19 bits per heavy atom. The number of ether oxygens (including phenoxy) is 1. The average molecular weight is 322 g/mol. The normalized spacial score (nSPS) is 13.7. The van der Waals surface area contributed by atoms with Crippen LogP contribution in [0.15, 0.2) is 53.4 Å². The molecule has 2 nitrogen and oxygen atoms in total. The van der Waals surface area contributed by atoms with E-state index in [0.29, 0.717) is 0 Å². The van der Waals surface area contributed by atoms with Gasteiger partial charge in [0.25, 0.3) is 0 Å². The van der Waals surface area contributed by atoms with Gasteiger partial charge in [0.15, 0.2) is 0 Å². The minimum atomic E-state index is 0.0855. The van der Waals surface area contributed by atoms with E-state index in [1.807, 2.05) is 30.3 Å². The number of nitrogens with two attached hydrogens (primary N) is 1. The van der Waals surface area contributed by atoms with Gasteiger partial charge < -0.3 is 10.5 Å². The molecule has 0 bridgehead atoms. The van der Waals surface area contributed by atoms with Gasteiger partial charge in [-0.3, -0.25) is 0 Å². The molecule has 4 heteroatoms. The first-order valence-electron chi connectivity index (χ1n) is 6.95. The SMILES string of the molecule is CCC(N)C(Sc1cccc(Cl)c1)c1ccc(OC)cc1. The number of hydrogen-bond donors (Lipinski definition) is 1. The van der Waals surface area contributed by atoms with Crippen molar-refractivity contribution in [2.24, 2.45) is 5.73 Å². The minimum Gasteiger partial charge on any atom is -0.497 e. The summed E-state index contributed by atoms with van der Waals surface area (Å²) in [5, 5.41) is 0.943. The van der Waals surface area contributed by atoms with Crippen molar-refractivity contribution >= 4 is 23.4 Å². The summed E-state index contributed by atoms with van der Waals surface area (Å²) in [6.07, 6.45) is 0.921. The Morgan fingerprint density at radius 3 is 2.48 bits per heavy atom. The summed E-state index contributed by atoms with van der Waals surface area (Å²) in [7, 11) is 1.67. The molecule has 2 atom stereocenters. The molecule has 2 N–H and O–H groups in total. The molecule has 0 fully saturated rings. The van der Waals surface area contributed by atoms with Crippen LogP contribution in [0, 0.1) is 0 Å². The molecule has 0 spiro atoms. The lowest BCUT2D eigenvalue weighted by atomic mass is 10.0. The molecule has 0 aliphatic rings. The molecule has 0 saturated carbocycles. The van der Waals surface area contributed by atoms with Crippen molar-refractivity contribution < 1.29 is 4.74 Å². The van der Waals surface area contributed by atoms with Crippen molar-refractivity contribution in [3.63, 3.8) is 0 Å². The molecule has 0 heterocycles. The van der Waals surface area contributed by atoms with E-state index in [0.717, 1.165) is 22.1 Å². The molecular formula is C17H20ClNOS. The molecule has 21 heavy (non-hydrogen) atoms. The standard InChI is InChI=1S/C17H20ClNOS/c1-3-16(19)17(12-7-9-14(20-2)10-8-12)21-15-6-4-5-13(18)11-15/h4-11,16-17H,3,19H2,1-2H3. The second-order valence-electron chi connectivity index (χ2n) is 4.84. The van der Waals surface area contributed by atoms with E-state index < -0.39 is 0 Å². The van der Waals surface area contributed by atoms with Gasteiger partial charge in [-0.2, -0.15) is 0 Å². The lowest BCUT2D eigenvalue weighted by Crippen LogP contribution is -2.25. The van der Waals surface area contributed by atoms with Gasteiger partial charge in [0.05, 0.1) is 7.11 Å². The Bertz CT molecular complexity index is 573. The largest absolute Gasteiger partial charge is 0.497 e. The molecule has 0 aliphatic heterocycles. The number of hydrogen-bond acceptors (Lipinski definition) is 3. The third-order valence-corrected chi connectivity index (χ3v) is 5.00. The zero-order valence-electron chi connectivity index (χ0n) is 12.3. The maximum atomic E-state index is 6.32. The molecule has 2 aromatic rings. The minimum absolute atomic E-state index is 0.0855. The highest BCUT2D eigenvalue weighted by atomic mass is 35.5. The van der Waals surface area contributed by atoms with Gasteiger partial charge in [0, 0.05) is 21.2 Å². The van der Waals surface area contributed by atoms with E-state index in [-0.39, 0.29) is 11.3 Å². The van der Waals surface area contributed by atoms with E-state index in [9.17, 15) is 0 Å². The first-order chi connectivity index (χ1) is 10.1. The quantitative estimate of drug-likeness (QED) is 0.767. The Labute approximate surface area is 135 Å². The topological polar surface area (TPSA) is 35.2 Å². The zero-order valence-corrected chi connectivity index (χ0v) is 13.8. The van der Waals surface area contributed by atoms with Crippen LogP contribution in [-0.2, 0) is 0 Å². The number of methoxy groups -OCH3 is 1. The van der Waals surface area contributed by atoms with E-state index in [1.54, 1.807) is 18.9 Å². The third-order valence-electron chi connectivity index (χ3n) is 3.36. The Morgan fingerprint density at radius 2 is 1.90 bits per heavy atom. The van der Waals surface area contributed by atoms with Crippen LogP contribution in [0.5, 0.6) is 5.75 Å². The van der Waals surface area contributed by atoms with Crippen molar-refractivity contribution in [2.75, 3.05) is 7.11 Å². The van der Waals surface area contributed by atoms with Gasteiger partial charge in [-0.05, 0) is 42.3 Å². The second kappa shape index (κ2) is 7.74. The molecule has 2 rings (SSSR count). The van der Waals surface area contributed by atoms with Crippen LogP contribution in [0.2, 0.25) is 5.02 Å². The Kier molecular flexibility index (Phi) is 5.97. The molecule has 0 amide bonds. The van der Waals surface area contributed by atoms with Gasteiger partial charge >= 0.3 is 0 Å². The third kappa shape index (κ3) is 4.40. The van der Waals surface area contributed by atoms with Crippen LogP contribution in [0.4, 0.5) is 0 Å². The van der Waals surface area contributed by atoms with Crippen molar-refractivity contribution in [2.45, 2.75) is 29.5 Å². The second-order valence-corrected chi connectivity index (χ2v) is 6.49. The van der Waals surface area contributed by atoms with Gasteiger partial charge in [0.2, 0.25) is 0 Å². The summed E-state index contributed by atoms with van der Waals surface area (Å²) in [5.74, 6) is 0.857. The summed E-state index contributed by atoms with van der Waals surface area (Å²) < 4.78 is 5.21. The summed E-state index contributed by atoms with van der Waals surface area (Å²) in [6, 6.07) is 16.1. The fraction of sp³-hybridized carbons (Fsp3) is 0.294.